The first-order chi connectivity index (χ1) is 14.1. The highest BCUT2D eigenvalue weighted by Crippen LogP contribution is 2.34. The molecule has 2 aromatic rings. The van der Waals surface area contributed by atoms with E-state index in [4.69, 9.17) is 4.74 Å². The van der Waals surface area contributed by atoms with Gasteiger partial charge in [-0.3, -0.25) is 4.79 Å². The average Bonchev–Trinajstić information content (AvgIpc) is 2.66. The normalized spacial score (nSPS) is 12.4. The van der Waals surface area contributed by atoms with E-state index in [2.05, 4.69) is 14.8 Å². The van der Waals surface area contributed by atoms with Crippen molar-refractivity contribution >= 4 is 29.2 Å². The second kappa shape index (κ2) is 10.4. The standard InChI is InChI=1S/C20H23F3N2O4S/c1-4-28-16-11-13(24-19(27)18(26)12(2)3)8-9-17(16)30-25-14-6-5-7-15(10-14)29-20(21,22)23/h5-12,18,25-26H,4H2,1-3H3,(H,24,27). The van der Waals surface area contributed by atoms with Crippen LogP contribution in [0.25, 0.3) is 0 Å². The summed E-state index contributed by atoms with van der Waals surface area (Å²) in [4.78, 5) is 12.7. The van der Waals surface area contributed by atoms with Crippen molar-refractivity contribution in [3.05, 3.63) is 42.5 Å². The van der Waals surface area contributed by atoms with E-state index >= 15 is 0 Å². The van der Waals surface area contributed by atoms with Crippen LogP contribution in [0, 0.1) is 5.92 Å². The van der Waals surface area contributed by atoms with Gasteiger partial charge in [0.25, 0.3) is 5.91 Å². The molecule has 0 saturated heterocycles. The molecular weight excluding hydrogens is 421 g/mol. The van der Waals surface area contributed by atoms with Crippen LogP contribution >= 0.6 is 11.9 Å². The number of carbonyl (C=O) groups is 1. The molecular formula is C20H23F3N2O4S. The van der Waals surface area contributed by atoms with Gasteiger partial charge in [-0.1, -0.05) is 19.9 Å². The van der Waals surface area contributed by atoms with Crippen molar-refractivity contribution in [3.8, 4) is 11.5 Å². The molecule has 0 aliphatic heterocycles. The number of ether oxygens (including phenoxy) is 2. The number of rotatable bonds is 9. The van der Waals surface area contributed by atoms with Gasteiger partial charge in [0.15, 0.2) is 0 Å². The van der Waals surface area contributed by atoms with Gasteiger partial charge in [-0.2, -0.15) is 0 Å². The number of aliphatic hydroxyl groups is 1. The zero-order valence-electron chi connectivity index (χ0n) is 16.6. The predicted octanol–water partition coefficient (Wildman–Crippen LogP) is 5.06. The molecule has 1 unspecified atom stereocenters. The third-order valence-corrected chi connectivity index (χ3v) is 4.65. The van der Waals surface area contributed by atoms with E-state index in [1.807, 2.05) is 0 Å². The molecule has 2 aromatic carbocycles. The molecule has 1 amide bonds. The van der Waals surface area contributed by atoms with Crippen LogP contribution in [0.1, 0.15) is 20.8 Å². The van der Waals surface area contributed by atoms with Crippen LogP contribution in [0.5, 0.6) is 11.5 Å². The van der Waals surface area contributed by atoms with Crippen molar-refractivity contribution < 1.29 is 32.5 Å². The van der Waals surface area contributed by atoms with Gasteiger partial charge in [-0.15, -0.1) is 13.2 Å². The SMILES string of the molecule is CCOc1cc(NC(=O)C(O)C(C)C)ccc1SNc1cccc(OC(F)(F)F)c1. The molecule has 0 spiro atoms. The molecule has 10 heteroatoms. The minimum atomic E-state index is -4.77. The van der Waals surface area contributed by atoms with E-state index in [0.717, 1.165) is 11.9 Å². The first-order valence-corrected chi connectivity index (χ1v) is 9.95. The molecule has 1 atom stereocenters. The summed E-state index contributed by atoms with van der Waals surface area (Å²) in [5.41, 5.74) is 0.856. The van der Waals surface area contributed by atoms with Crippen molar-refractivity contribution in [2.75, 3.05) is 16.6 Å². The van der Waals surface area contributed by atoms with E-state index in [0.29, 0.717) is 28.6 Å². The maximum absolute atomic E-state index is 12.4. The van der Waals surface area contributed by atoms with Crippen molar-refractivity contribution in [3.63, 3.8) is 0 Å². The Kier molecular flexibility index (Phi) is 8.24. The molecule has 0 saturated carbocycles. The summed E-state index contributed by atoms with van der Waals surface area (Å²) in [6.45, 7) is 5.63. The van der Waals surface area contributed by atoms with Crippen molar-refractivity contribution in [2.45, 2.75) is 38.1 Å². The molecule has 0 fully saturated rings. The Hall–Kier alpha value is -2.59. The fourth-order valence-electron chi connectivity index (χ4n) is 2.33. The third kappa shape index (κ3) is 7.34. The fourth-order valence-corrected chi connectivity index (χ4v) is 3.04. The van der Waals surface area contributed by atoms with E-state index in [-0.39, 0.29) is 11.7 Å². The zero-order valence-corrected chi connectivity index (χ0v) is 17.4. The van der Waals surface area contributed by atoms with Crippen LogP contribution in [-0.4, -0.2) is 30.1 Å². The monoisotopic (exact) mass is 444 g/mol. The number of nitrogens with one attached hydrogen (secondary N) is 2. The lowest BCUT2D eigenvalue weighted by molar-refractivity contribution is -0.274. The summed E-state index contributed by atoms with van der Waals surface area (Å²) < 4.78 is 49.6. The lowest BCUT2D eigenvalue weighted by Crippen LogP contribution is -2.31. The molecule has 30 heavy (non-hydrogen) atoms. The van der Waals surface area contributed by atoms with Gasteiger partial charge in [-0.25, -0.2) is 0 Å². The van der Waals surface area contributed by atoms with Crippen LogP contribution in [0.15, 0.2) is 47.4 Å². The Balaban J connectivity index is 2.10. The molecule has 0 aliphatic carbocycles. The molecule has 0 aromatic heterocycles. The van der Waals surface area contributed by atoms with Gasteiger partial charge in [0.1, 0.15) is 17.6 Å². The topological polar surface area (TPSA) is 79.8 Å². The maximum atomic E-state index is 12.4. The van der Waals surface area contributed by atoms with Crippen LogP contribution in [-0.2, 0) is 4.79 Å². The van der Waals surface area contributed by atoms with Gasteiger partial charge in [-0.05, 0) is 49.1 Å². The summed E-state index contributed by atoms with van der Waals surface area (Å²) in [5, 5.41) is 12.5. The smallest absolute Gasteiger partial charge is 0.493 e. The number of hydrogen-bond acceptors (Lipinski definition) is 6. The van der Waals surface area contributed by atoms with E-state index in [1.54, 1.807) is 45.0 Å². The molecule has 6 nitrogen and oxygen atoms in total. The molecule has 0 aliphatic rings. The molecule has 0 bridgehead atoms. The Morgan fingerprint density at radius 2 is 1.90 bits per heavy atom. The van der Waals surface area contributed by atoms with Crippen molar-refractivity contribution in [1.29, 1.82) is 0 Å². The second-order valence-corrected chi connectivity index (χ2v) is 7.40. The minimum Gasteiger partial charge on any atom is -0.493 e. The van der Waals surface area contributed by atoms with Crippen LogP contribution in [0.2, 0.25) is 0 Å². The molecule has 164 valence electrons. The number of benzene rings is 2. The molecule has 0 radical (unpaired) electrons. The second-order valence-electron chi connectivity index (χ2n) is 6.55. The number of alkyl halides is 3. The summed E-state index contributed by atoms with van der Waals surface area (Å²) in [6, 6.07) is 10.4. The first kappa shape index (κ1) is 23.7. The lowest BCUT2D eigenvalue weighted by Gasteiger charge is -2.16. The van der Waals surface area contributed by atoms with Gasteiger partial charge in [0.05, 0.1) is 11.5 Å². The van der Waals surface area contributed by atoms with Crippen LogP contribution in [0.3, 0.4) is 0 Å². The zero-order chi connectivity index (χ0) is 22.3. The van der Waals surface area contributed by atoms with Crippen molar-refractivity contribution in [1.82, 2.24) is 0 Å². The fraction of sp³-hybridized carbons (Fsp3) is 0.350. The number of anilines is 2. The summed E-state index contributed by atoms with van der Waals surface area (Å²) in [5.74, 6) is -0.616. The number of carbonyl (C=O) groups excluding carboxylic acids is 1. The molecule has 2 rings (SSSR count). The summed E-state index contributed by atoms with van der Waals surface area (Å²) in [7, 11) is 0. The van der Waals surface area contributed by atoms with Gasteiger partial charge in [0.2, 0.25) is 0 Å². The highest BCUT2D eigenvalue weighted by atomic mass is 32.2. The summed E-state index contributed by atoms with van der Waals surface area (Å²) >= 11 is 1.13. The summed E-state index contributed by atoms with van der Waals surface area (Å²) in [6.07, 6.45) is -5.90. The Bertz CT molecular complexity index is 862. The highest BCUT2D eigenvalue weighted by Gasteiger charge is 2.31. The Labute approximate surface area is 176 Å². The minimum absolute atomic E-state index is 0.229. The average molecular weight is 444 g/mol. The highest BCUT2D eigenvalue weighted by molar-refractivity contribution is 8.00. The van der Waals surface area contributed by atoms with E-state index < -0.39 is 18.4 Å². The van der Waals surface area contributed by atoms with E-state index in [9.17, 15) is 23.1 Å². The first-order valence-electron chi connectivity index (χ1n) is 9.13. The van der Waals surface area contributed by atoms with Gasteiger partial charge in [0, 0.05) is 23.5 Å². The number of halogens is 3. The molecule has 0 heterocycles. The number of amides is 1. The lowest BCUT2D eigenvalue weighted by atomic mass is 10.1. The van der Waals surface area contributed by atoms with E-state index in [1.165, 1.54) is 18.2 Å². The van der Waals surface area contributed by atoms with Crippen molar-refractivity contribution in [2.24, 2.45) is 5.92 Å². The maximum Gasteiger partial charge on any atom is 0.573 e. The molecule has 3 N–H and O–H groups in total. The van der Waals surface area contributed by atoms with Gasteiger partial charge >= 0.3 is 6.36 Å². The quantitative estimate of drug-likeness (QED) is 0.469. The Morgan fingerprint density at radius 1 is 1.17 bits per heavy atom. The van der Waals surface area contributed by atoms with Gasteiger partial charge < -0.3 is 24.6 Å². The third-order valence-electron chi connectivity index (χ3n) is 3.76. The van der Waals surface area contributed by atoms with Crippen LogP contribution in [0.4, 0.5) is 24.5 Å². The van der Waals surface area contributed by atoms with Crippen LogP contribution < -0.4 is 19.5 Å². The largest absolute Gasteiger partial charge is 0.573 e. The predicted molar refractivity (Wildman–Crippen MR) is 110 cm³/mol. The number of hydrogen-bond donors (Lipinski definition) is 3. The number of aliphatic hydroxyl groups excluding tert-OH is 1. The Morgan fingerprint density at radius 3 is 2.53 bits per heavy atom.